The van der Waals surface area contributed by atoms with Crippen LogP contribution in [0.2, 0.25) is 0 Å². The highest BCUT2D eigenvalue weighted by Gasteiger charge is 2.60. The summed E-state index contributed by atoms with van der Waals surface area (Å²) in [5, 5.41) is 1.48. The molecule has 4 aliphatic rings. The molecule has 0 unspecified atom stereocenters. The molecule has 3 saturated carbocycles. The van der Waals surface area contributed by atoms with E-state index in [1.165, 1.54) is 43.0 Å². The van der Waals surface area contributed by atoms with Crippen LogP contribution in [0.1, 0.15) is 63.6 Å². The lowest BCUT2D eigenvalue weighted by molar-refractivity contribution is -0.136. The van der Waals surface area contributed by atoms with E-state index in [9.17, 15) is 4.79 Å². The third-order valence-corrected chi connectivity index (χ3v) is 10.1. The summed E-state index contributed by atoms with van der Waals surface area (Å²) < 4.78 is 2.48. The number of aryl methyl sites for hydroxylation is 1. The lowest BCUT2D eigenvalue weighted by atomic mass is 9.45. The highest BCUT2D eigenvalue weighted by molar-refractivity contribution is 5.87. The van der Waals surface area contributed by atoms with Crippen LogP contribution in [0.5, 0.6) is 0 Å². The van der Waals surface area contributed by atoms with Crippen LogP contribution in [0, 0.1) is 34.5 Å². The number of aromatic nitrogens is 1. The molecule has 3 fully saturated rings. The van der Waals surface area contributed by atoms with Gasteiger partial charge in [-0.3, -0.25) is 4.79 Å². The molecule has 1 aromatic carbocycles. The Morgan fingerprint density at radius 2 is 1.86 bits per heavy atom. The average molecular weight is 376 g/mol. The first-order valence-electron chi connectivity index (χ1n) is 11.5. The highest BCUT2D eigenvalue weighted by Crippen LogP contribution is 2.65. The van der Waals surface area contributed by atoms with Crippen LogP contribution in [-0.2, 0) is 24.7 Å². The third kappa shape index (κ3) is 1.97. The van der Waals surface area contributed by atoms with Gasteiger partial charge in [0.05, 0.1) is 0 Å². The number of para-hydroxylation sites is 1. The van der Waals surface area contributed by atoms with E-state index in [0.717, 1.165) is 37.0 Å². The van der Waals surface area contributed by atoms with E-state index in [0.29, 0.717) is 17.1 Å². The molecule has 0 aliphatic heterocycles. The summed E-state index contributed by atoms with van der Waals surface area (Å²) in [5.74, 6) is 3.63. The Morgan fingerprint density at radius 1 is 1.04 bits per heavy atom. The summed E-state index contributed by atoms with van der Waals surface area (Å²) in [6.07, 6.45) is 9.64. The zero-order chi connectivity index (χ0) is 19.3. The Labute approximate surface area is 168 Å². The summed E-state index contributed by atoms with van der Waals surface area (Å²) in [4.78, 5) is 12.7. The standard InChI is InChI=1S/C26H33NO/c1-25-13-12-21-18(20(25)10-11-24(25)28)9-8-16-14-23-19(15-26(16,21)2)17-6-4-5-7-22(17)27(23)3/h4-7,16,18,20-21H,8-15H2,1-3H3/t16-,18-,20+,21+,25-,26-/m1/s1. The molecule has 0 radical (unpaired) electrons. The minimum Gasteiger partial charge on any atom is -0.347 e. The zero-order valence-corrected chi connectivity index (χ0v) is 17.6. The molecule has 148 valence electrons. The predicted octanol–water partition coefficient (Wildman–Crippen LogP) is 5.70. The Bertz CT molecular complexity index is 986. The molecule has 0 saturated heterocycles. The molecular weight excluding hydrogens is 342 g/mol. The lowest BCUT2D eigenvalue weighted by Crippen LogP contribution is -2.54. The van der Waals surface area contributed by atoms with Crippen LogP contribution in [0.3, 0.4) is 0 Å². The second-order valence-electron chi connectivity index (χ2n) is 11.0. The smallest absolute Gasteiger partial charge is 0.139 e. The summed E-state index contributed by atoms with van der Waals surface area (Å²) >= 11 is 0. The van der Waals surface area contributed by atoms with Gasteiger partial charge in [-0.2, -0.15) is 0 Å². The quantitative estimate of drug-likeness (QED) is 0.578. The van der Waals surface area contributed by atoms with Crippen LogP contribution in [-0.4, -0.2) is 10.4 Å². The predicted molar refractivity (Wildman–Crippen MR) is 113 cm³/mol. The largest absolute Gasteiger partial charge is 0.347 e. The van der Waals surface area contributed by atoms with Gasteiger partial charge in [0.25, 0.3) is 0 Å². The molecule has 1 aromatic heterocycles. The lowest BCUT2D eigenvalue weighted by Gasteiger charge is -2.59. The number of fused-ring (bicyclic) bond motifs is 8. The van der Waals surface area contributed by atoms with Crippen molar-refractivity contribution in [2.75, 3.05) is 0 Å². The average Bonchev–Trinajstić information content (AvgIpc) is 3.14. The summed E-state index contributed by atoms with van der Waals surface area (Å²) in [6, 6.07) is 9.01. The van der Waals surface area contributed by atoms with Crippen molar-refractivity contribution in [1.82, 2.24) is 4.57 Å². The molecule has 6 atom stereocenters. The van der Waals surface area contributed by atoms with Crippen LogP contribution in [0.25, 0.3) is 10.9 Å². The van der Waals surface area contributed by atoms with Crippen LogP contribution >= 0.6 is 0 Å². The molecule has 2 heteroatoms. The normalized spacial score (nSPS) is 42.0. The highest BCUT2D eigenvalue weighted by atomic mass is 16.1. The fraction of sp³-hybridized carbons (Fsp3) is 0.654. The number of hydrogen-bond acceptors (Lipinski definition) is 1. The van der Waals surface area contributed by atoms with Gasteiger partial charge >= 0.3 is 0 Å². The van der Waals surface area contributed by atoms with Crippen molar-refractivity contribution in [3.05, 3.63) is 35.5 Å². The Balaban J connectivity index is 1.43. The van der Waals surface area contributed by atoms with Crippen molar-refractivity contribution in [2.45, 2.75) is 65.2 Å². The Hall–Kier alpha value is -1.57. The van der Waals surface area contributed by atoms with Gasteiger partial charge in [0.2, 0.25) is 0 Å². The maximum Gasteiger partial charge on any atom is 0.139 e. The summed E-state index contributed by atoms with van der Waals surface area (Å²) in [6.45, 7) is 4.93. The minimum atomic E-state index is 0.00361. The first kappa shape index (κ1) is 17.3. The first-order valence-corrected chi connectivity index (χ1v) is 11.5. The molecule has 28 heavy (non-hydrogen) atoms. The molecule has 4 aliphatic carbocycles. The van der Waals surface area contributed by atoms with E-state index < -0.39 is 0 Å². The third-order valence-electron chi connectivity index (χ3n) is 10.1. The second-order valence-corrected chi connectivity index (χ2v) is 11.0. The van der Waals surface area contributed by atoms with Gasteiger partial charge in [0.1, 0.15) is 5.78 Å². The van der Waals surface area contributed by atoms with E-state index in [-0.39, 0.29) is 5.41 Å². The Morgan fingerprint density at radius 3 is 2.71 bits per heavy atom. The molecule has 6 rings (SSSR count). The summed E-state index contributed by atoms with van der Waals surface area (Å²) in [7, 11) is 2.27. The van der Waals surface area contributed by atoms with E-state index in [2.05, 4.69) is 49.7 Å². The molecular formula is C26H33NO. The van der Waals surface area contributed by atoms with Gasteiger partial charge < -0.3 is 4.57 Å². The number of hydrogen-bond donors (Lipinski definition) is 0. The maximum atomic E-state index is 12.7. The van der Waals surface area contributed by atoms with E-state index >= 15 is 0 Å². The van der Waals surface area contributed by atoms with Gasteiger partial charge in [-0.25, -0.2) is 0 Å². The number of nitrogens with zero attached hydrogens (tertiary/aromatic N) is 1. The first-order chi connectivity index (χ1) is 13.4. The fourth-order valence-corrected chi connectivity index (χ4v) is 8.51. The molecule has 0 amide bonds. The molecule has 2 aromatic rings. The number of carbonyl (C=O) groups is 1. The van der Waals surface area contributed by atoms with Crippen LogP contribution in [0.15, 0.2) is 24.3 Å². The van der Waals surface area contributed by atoms with Gasteiger partial charge in [-0.1, -0.05) is 32.0 Å². The SMILES string of the molecule is Cn1c2c(c3ccccc31)C[C@]1(C)[C@H](CC[C@H]3[C@@H]1CC[C@@]1(C)C(=O)CC[C@@H]31)C2. The van der Waals surface area contributed by atoms with Gasteiger partial charge in [0.15, 0.2) is 0 Å². The monoisotopic (exact) mass is 375 g/mol. The fourth-order valence-electron chi connectivity index (χ4n) is 8.51. The molecule has 0 N–H and O–H groups in total. The molecule has 2 nitrogen and oxygen atoms in total. The number of ketones is 1. The van der Waals surface area contributed by atoms with Gasteiger partial charge in [0, 0.05) is 35.5 Å². The number of rotatable bonds is 0. The van der Waals surface area contributed by atoms with Crippen molar-refractivity contribution in [3.8, 4) is 0 Å². The molecule has 1 heterocycles. The van der Waals surface area contributed by atoms with Gasteiger partial charge in [-0.15, -0.1) is 0 Å². The van der Waals surface area contributed by atoms with E-state index in [1.54, 1.807) is 11.3 Å². The van der Waals surface area contributed by atoms with Crippen molar-refractivity contribution in [3.63, 3.8) is 0 Å². The molecule has 0 bridgehead atoms. The van der Waals surface area contributed by atoms with Crippen molar-refractivity contribution in [2.24, 2.45) is 41.5 Å². The van der Waals surface area contributed by atoms with Gasteiger partial charge in [-0.05, 0) is 85.7 Å². The number of benzene rings is 1. The van der Waals surface area contributed by atoms with Crippen LogP contribution in [0.4, 0.5) is 0 Å². The zero-order valence-electron chi connectivity index (χ0n) is 17.6. The van der Waals surface area contributed by atoms with Crippen LogP contribution < -0.4 is 0 Å². The van der Waals surface area contributed by atoms with Crippen molar-refractivity contribution in [1.29, 1.82) is 0 Å². The number of carbonyl (C=O) groups excluding carboxylic acids is 1. The second kappa shape index (κ2) is 5.52. The topological polar surface area (TPSA) is 22.0 Å². The maximum absolute atomic E-state index is 12.7. The van der Waals surface area contributed by atoms with Crippen molar-refractivity contribution < 1.29 is 4.79 Å². The van der Waals surface area contributed by atoms with E-state index in [1.807, 2.05) is 0 Å². The van der Waals surface area contributed by atoms with Crippen molar-refractivity contribution >= 4 is 16.7 Å². The number of Topliss-reactive ketones (excluding diaryl/α,β-unsaturated/α-hetero) is 1. The Kier molecular flexibility index (Phi) is 3.41. The summed E-state index contributed by atoms with van der Waals surface area (Å²) in [5.41, 5.74) is 5.05. The molecule has 0 spiro atoms. The minimum absolute atomic E-state index is 0.00361. The van der Waals surface area contributed by atoms with E-state index in [4.69, 9.17) is 0 Å².